The highest BCUT2D eigenvalue weighted by molar-refractivity contribution is 6.37. The van der Waals surface area contributed by atoms with Crippen LogP contribution >= 0.6 is 23.2 Å². The number of alkyl halides is 3. The summed E-state index contributed by atoms with van der Waals surface area (Å²) >= 11 is 11.4. The van der Waals surface area contributed by atoms with Crippen LogP contribution in [0, 0.1) is 0 Å². The van der Waals surface area contributed by atoms with Crippen LogP contribution in [-0.2, 0) is 12.6 Å². The highest BCUT2D eigenvalue weighted by Gasteiger charge is 2.35. The van der Waals surface area contributed by atoms with Gasteiger partial charge in [0.15, 0.2) is 0 Å². The van der Waals surface area contributed by atoms with Crippen LogP contribution in [0.5, 0.6) is 0 Å². The van der Waals surface area contributed by atoms with Crippen molar-refractivity contribution in [3.8, 4) is 0 Å². The third-order valence-electron chi connectivity index (χ3n) is 2.01. The van der Waals surface area contributed by atoms with E-state index in [-0.39, 0.29) is 10.0 Å². The van der Waals surface area contributed by atoms with Gasteiger partial charge in [-0.15, -0.1) is 0 Å². The predicted octanol–water partition coefficient (Wildman–Crippen LogP) is 4.16. The van der Waals surface area contributed by atoms with Gasteiger partial charge in [0.2, 0.25) is 0 Å². The van der Waals surface area contributed by atoms with Crippen LogP contribution in [0.15, 0.2) is 6.07 Å². The van der Waals surface area contributed by atoms with E-state index in [0.29, 0.717) is 12.0 Å². The topological polar surface area (TPSA) is 26.0 Å². The highest BCUT2D eigenvalue weighted by atomic mass is 35.5. The maximum absolute atomic E-state index is 12.4. The first kappa shape index (κ1) is 12.5. The molecule has 0 heterocycles. The fraction of sp³-hybridized carbons (Fsp3) is 0.333. The zero-order valence-corrected chi connectivity index (χ0v) is 9.26. The Morgan fingerprint density at radius 2 is 1.87 bits per heavy atom. The van der Waals surface area contributed by atoms with E-state index in [9.17, 15) is 13.2 Å². The molecule has 0 aliphatic heterocycles. The van der Waals surface area contributed by atoms with Gasteiger partial charge in [0.1, 0.15) is 0 Å². The van der Waals surface area contributed by atoms with Crippen molar-refractivity contribution in [1.82, 2.24) is 0 Å². The Kier molecular flexibility index (Phi) is 3.41. The number of nitrogen functional groups attached to an aromatic ring is 1. The molecule has 84 valence electrons. The number of halogens is 5. The van der Waals surface area contributed by atoms with E-state index in [0.717, 1.165) is 6.07 Å². The second-order valence-electron chi connectivity index (χ2n) is 2.96. The van der Waals surface area contributed by atoms with Gasteiger partial charge in [0, 0.05) is 5.02 Å². The Balaban J connectivity index is 3.48. The molecular formula is C9H8Cl2F3N. The molecule has 0 aliphatic carbocycles. The summed E-state index contributed by atoms with van der Waals surface area (Å²) in [4.78, 5) is 0. The van der Waals surface area contributed by atoms with E-state index in [4.69, 9.17) is 28.9 Å². The van der Waals surface area contributed by atoms with Gasteiger partial charge in [0.05, 0.1) is 16.3 Å². The average molecular weight is 258 g/mol. The lowest BCUT2D eigenvalue weighted by Crippen LogP contribution is -2.10. The lowest BCUT2D eigenvalue weighted by molar-refractivity contribution is -0.136. The maximum atomic E-state index is 12.4. The van der Waals surface area contributed by atoms with Crippen molar-refractivity contribution in [2.45, 2.75) is 19.5 Å². The lowest BCUT2D eigenvalue weighted by atomic mass is 10.1. The van der Waals surface area contributed by atoms with Crippen LogP contribution in [0.25, 0.3) is 0 Å². The summed E-state index contributed by atoms with van der Waals surface area (Å²) in [6.07, 6.45) is -4.11. The molecule has 0 saturated carbocycles. The van der Waals surface area contributed by atoms with Crippen LogP contribution in [0.4, 0.5) is 18.9 Å². The average Bonchev–Trinajstić information content (AvgIpc) is 2.10. The standard InChI is InChI=1S/C9H8Cl2F3N/c1-2-4-6(10)3-5(9(12,13)14)8(15)7(4)11/h3H,2,15H2,1H3. The molecular weight excluding hydrogens is 250 g/mol. The number of benzene rings is 1. The number of rotatable bonds is 1. The summed E-state index contributed by atoms with van der Waals surface area (Å²) in [5.41, 5.74) is 4.28. The van der Waals surface area contributed by atoms with Gasteiger partial charge >= 0.3 is 6.18 Å². The molecule has 0 radical (unpaired) electrons. The molecule has 0 aliphatic rings. The summed E-state index contributed by atoms with van der Waals surface area (Å²) in [6, 6.07) is 0.807. The van der Waals surface area contributed by atoms with Crippen molar-refractivity contribution in [2.24, 2.45) is 0 Å². The first-order valence-electron chi connectivity index (χ1n) is 4.12. The molecule has 0 fully saturated rings. The fourth-order valence-corrected chi connectivity index (χ4v) is 1.96. The minimum atomic E-state index is -4.54. The molecule has 15 heavy (non-hydrogen) atoms. The van der Waals surface area contributed by atoms with Crippen LogP contribution in [0.3, 0.4) is 0 Å². The first-order chi connectivity index (χ1) is 6.79. The summed E-state index contributed by atoms with van der Waals surface area (Å²) < 4.78 is 37.3. The van der Waals surface area contributed by atoms with Gasteiger partial charge in [-0.3, -0.25) is 0 Å². The zero-order chi connectivity index (χ0) is 11.8. The first-order valence-corrected chi connectivity index (χ1v) is 4.88. The van der Waals surface area contributed by atoms with Gasteiger partial charge in [-0.2, -0.15) is 13.2 Å². The molecule has 0 aromatic heterocycles. The molecule has 1 aromatic carbocycles. The largest absolute Gasteiger partial charge is 0.418 e. The summed E-state index contributed by atoms with van der Waals surface area (Å²) in [7, 11) is 0. The number of hydrogen-bond donors (Lipinski definition) is 1. The van der Waals surface area contributed by atoms with Crippen molar-refractivity contribution >= 4 is 28.9 Å². The van der Waals surface area contributed by atoms with Crippen LogP contribution in [-0.4, -0.2) is 0 Å². The molecule has 1 aromatic rings. The third-order valence-corrected chi connectivity index (χ3v) is 2.78. The van der Waals surface area contributed by atoms with Crippen LogP contribution < -0.4 is 5.73 Å². The molecule has 0 atom stereocenters. The molecule has 0 saturated heterocycles. The third kappa shape index (κ3) is 2.32. The second-order valence-corrected chi connectivity index (χ2v) is 3.75. The summed E-state index contributed by atoms with van der Waals surface area (Å²) in [5.74, 6) is 0. The SMILES string of the molecule is CCc1c(Cl)cc(C(F)(F)F)c(N)c1Cl. The molecule has 0 unspecified atom stereocenters. The van der Waals surface area contributed by atoms with Crippen molar-refractivity contribution in [3.63, 3.8) is 0 Å². The highest BCUT2D eigenvalue weighted by Crippen LogP contribution is 2.41. The monoisotopic (exact) mass is 257 g/mol. The number of hydrogen-bond acceptors (Lipinski definition) is 1. The van der Waals surface area contributed by atoms with Crippen molar-refractivity contribution < 1.29 is 13.2 Å². The Morgan fingerprint density at radius 1 is 1.33 bits per heavy atom. The fourth-order valence-electron chi connectivity index (χ4n) is 1.24. The number of anilines is 1. The molecule has 6 heteroatoms. The summed E-state index contributed by atoms with van der Waals surface area (Å²) in [5, 5.41) is -0.124. The van der Waals surface area contributed by atoms with Gasteiger partial charge in [-0.05, 0) is 18.1 Å². The Hall–Kier alpha value is -0.610. The Bertz CT molecular complexity index is 388. The predicted molar refractivity (Wildman–Crippen MR) is 55.3 cm³/mol. The quantitative estimate of drug-likeness (QED) is 0.752. The molecule has 1 rings (SSSR count). The minimum absolute atomic E-state index is 0.0102. The van der Waals surface area contributed by atoms with Crippen molar-refractivity contribution in [2.75, 3.05) is 5.73 Å². The van der Waals surface area contributed by atoms with Gasteiger partial charge in [-0.25, -0.2) is 0 Å². The maximum Gasteiger partial charge on any atom is 0.418 e. The Morgan fingerprint density at radius 3 is 2.27 bits per heavy atom. The molecule has 1 nitrogen and oxygen atoms in total. The summed E-state index contributed by atoms with van der Waals surface area (Å²) in [6.45, 7) is 1.74. The van der Waals surface area contributed by atoms with Crippen LogP contribution in [0.1, 0.15) is 18.1 Å². The molecule has 0 amide bonds. The van der Waals surface area contributed by atoms with E-state index in [1.165, 1.54) is 0 Å². The van der Waals surface area contributed by atoms with Gasteiger partial charge in [0.25, 0.3) is 0 Å². The van der Waals surface area contributed by atoms with Gasteiger partial charge in [-0.1, -0.05) is 30.1 Å². The smallest absolute Gasteiger partial charge is 0.397 e. The van der Waals surface area contributed by atoms with E-state index in [1.54, 1.807) is 6.92 Å². The Labute approximate surface area is 95.0 Å². The second kappa shape index (κ2) is 4.10. The minimum Gasteiger partial charge on any atom is -0.397 e. The van der Waals surface area contributed by atoms with E-state index in [2.05, 4.69) is 0 Å². The zero-order valence-electron chi connectivity index (χ0n) is 7.75. The van der Waals surface area contributed by atoms with Gasteiger partial charge < -0.3 is 5.73 Å². The lowest BCUT2D eigenvalue weighted by Gasteiger charge is -2.14. The van der Waals surface area contributed by atoms with E-state index >= 15 is 0 Å². The molecule has 0 bridgehead atoms. The van der Waals surface area contributed by atoms with E-state index in [1.807, 2.05) is 0 Å². The van der Waals surface area contributed by atoms with Crippen molar-refractivity contribution in [3.05, 3.63) is 27.2 Å². The normalized spacial score (nSPS) is 11.9. The van der Waals surface area contributed by atoms with Crippen molar-refractivity contribution in [1.29, 1.82) is 0 Å². The van der Waals surface area contributed by atoms with Crippen LogP contribution in [0.2, 0.25) is 10.0 Å². The van der Waals surface area contributed by atoms with E-state index < -0.39 is 17.4 Å². The molecule has 2 N–H and O–H groups in total. The molecule has 0 spiro atoms. The number of nitrogens with two attached hydrogens (primary N) is 1.